The second-order valence-corrected chi connectivity index (χ2v) is 14.5. The second-order valence-electron chi connectivity index (χ2n) is 14.5. The van der Waals surface area contributed by atoms with Gasteiger partial charge in [0.15, 0.2) is 0 Å². The van der Waals surface area contributed by atoms with E-state index in [1.165, 1.54) is 66.7 Å². The molecule has 1 fully saturated rings. The molecule has 0 aromatic heterocycles. The molecule has 1 N–H and O–H groups in total. The van der Waals surface area contributed by atoms with Crippen molar-refractivity contribution in [2.24, 2.45) is 11.8 Å². The predicted molar refractivity (Wildman–Crippen MR) is 189 cm³/mol. The summed E-state index contributed by atoms with van der Waals surface area (Å²) in [5, 5.41) is 9.73. The van der Waals surface area contributed by atoms with Crippen molar-refractivity contribution in [1.29, 1.82) is 0 Å². The summed E-state index contributed by atoms with van der Waals surface area (Å²) in [5.41, 5.74) is 7.53. The molecule has 5 heteroatoms. The van der Waals surface area contributed by atoms with Gasteiger partial charge in [-0.2, -0.15) is 0 Å². The first-order valence-electron chi connectivity index (χ1n) is 17.3. The number of benzene rings is 1. The molecule has 4 aliphatic rings. The van der Waals surface area contributed by atoms with Crippen LogP contribution in [-0.4, -0.2) is 53.1 Å². The number of nitrogens with zero attached hydrogens (tertiary/aromatic N) is 2. The van der Waals surface area contributed by atoms with Gasteiger partial charge < -0.3 is 14.9 Å². The van der Waals surface area contributed by atoms with Crippen molar-refractivity contribution in [2.45, 2.75) is 97.1 Å². The maximum Gasteiger partial charge on any atom is 0.338 e. The van der Waals surface area contributed by atoms with E-state index in [0.29, 0.717) is 17.9 Å². The molecular weight excluding hydrogens is 571 g/mol. The summed E-state index contributed by atoms with van der Waals surface area (Å²) >= 11 is 0. The van der Waals surface area contributed by atoms with E-state index >= 15 is 0 Å². The van der Waals surface area contributed by atoms with Crippen molar-refractivity contribution in [3.63, 3.8) is 0 Å². The minimum atomic E-state index is -1.25. The molecule has 1 saturated carbocycles. The third-order valence-corrected chi connectivity index (χ3v) is 10.9. The van der Waals surface area contributed by atoms with Gasteiger partial charge in [-0.25, -0.2) is 9.18 Å². The van der Waals surface area contributed by atoms with Gasteiger partial charge in [-0.15, -0.1) is 0 Å². The van der Waals surface area contributed by atoms with E-state index in [9.17, 15) is 14.3 Å². The first kappa shape index (κ1) is 33.9. The molecule has 1 aromatic carbocycles. The molecule has 1 aromatic rings. The number of aromatic carboxylic acids is 1. The predicted octanol–water partition coefficient (Wildman–Crippen LogP) is 9.90. The van der Waals surface area contributed by atoms with Crippen molar-refractivity contribution < 1.29 is 14.3 Å². The average molecular weight is 625 g/mol. The van der Waals surface area contributed by atoms with E-state index in [0.717, 1.165) is 48.9 Å². The van der Waals surface area contributed by atoms with Crippen LogP contribution in [0.5, 0.6) is 0 Å². The van der Waals surface area contributed by atoms with Crippen molar-refractivity contribution in [3.8, 4) is 0 Å². The quantitative estimate of drug-likeness (QED) is 0.266. The summed E-state index contributed by atoms with van der Waals surface area (Å²) in [5.74, 6) is -0.813. The zero-order chi connectivity index (χ0) is 33.0. The van der Waals surface area contributed by atoms with Gasteiger partial charge in [-0.1, -0.05) is 80.4 Å². The molecule has 3 atom stereocenters. The van der Waals surface area contributed by atoms with Crippen LogP contribution in [0.1, 0.15) is 101 Å². The Bertz CT molecular complexity index is 1530. The van der Waals surface area contributed by atoms with Crippen molar-refractivity contribution in [2.75, 3.05) is 20.6 Å². The molecule has 246 valence electrons. The topological polar surface area (TPSA) is 43.8 Å². The van der Waals surface area contributed by atoms with Crippen molar-refractivity contribution in [1.82, 2.24) is 9.80 Å². The highest BCUT2D eigenvalue weighted by molar-refractivity contribution is 5.91. The highest BCUT2D eigenvalue weighted by Gasteiger charge is 2.41. The van der Waals surface area contributed by atoms with E-state index in [4.69, 9.17) is 0 Å². The molecule has 0 spiro atoms. The summed E-state index contributed by atoms with van der Waals surface area (Å²) < 4.78 is 14.5. The lowest BCUT2D eigenvalue weighted by Gasteiger charge is -2.50. The van der Waals surface area contributed by atoms with Crippen LogP contribution in [0.4, 0.5) is 4.39 Å². The van der Waals surface area contributed by atoms with E-state index in [1.54, 1.807) is 6.07 Å². The lowest BCUT2D eigenvalue weighted by atomic mass is 9.74. The molecule has 46 heavy (non-hydrogen) atoms. The Morgan fingerprint density at radius 3 is 2.54 bits per heavy atom. The van der Waals surface area contributed by atoms with Gasteiger partial charge >= 0.3 is 5.97 Å². The molecule has 0 aliphatic heterocycles. The van der Waals surface area contributed by atoms with E-state index in [2.05, 4.69) is 100 Å². The van der Waals surface area contributed by atoms with Gasteiger partial charge in [0.2, 0.25) is 0 Å². The first-order valence-corrected chi connectivity index (χ1v) is 17.3. The Morgan fingerprint density at radius 2 is 1.89 bits per heavy atom. The average Bonchev–Trinajstić information content (AvgIpc) is 3.43. The third-order valence-electron chi connectivity index (χ3n) is 10.9. The van der Waals surface area contributed by atoms with Crippen LogP contribution in [0.2, 0.25) is 0 Å². The summed E-state index contributed by atoms with van der Waals surface area (Å²) in [6, 6.07) is 4.94. The number of hydrogen-bond acceptors (Lipinski definition) is 3. The van der Waals surface area contributed by atoms with Crippen LogP contribution in [0.15, 0.2) is 94.8 Å². The zero-order valence-corrected chi connectivity index (χ0v) is 28.8. The fourth-order valence-electron chi connectivity index (χ4n) is 7.90. The Balaban J connectivity index is 1.59. The lowest BCUT2D eigenvalue weighted by Crippen LogP contribution is -2.54. The van der Waals surface area contributed by atoms with Crippen LogP contribution in [-0.2, 0) is 0 Å². The Hall–Kier alpha value is -3.44. The standard InChI is InChI=1S/C41H53FN2O2/c1-28-13-10-20-35(23-28)44(27-39(43(5)6)32-15-8-7-9-16-32)41(4)26-34(19-12-18-31-17-11-14-29(31)2)36(24-30(41)3)33-21-22-38(42)37(25-33)40(45)46/h10-12,17,19-25,28,32,39H,7-9,13-16,18,26-27H2,1-6H3,(H,45,46). The molecule has 0 bridgehead atoms. The van der Waals surface area contributed by atoms with Gasteiger partial charge in [-0.3, -0.25) is 0 Å². The van der Waals surface area contributed by atoms with Gasteiger partial charge in [0.05, 0.1) is 11.1 Å². The maximum atomic E-state index is 14.5. The summed E-state index contributed by atoms with van der Waals surface area (Å²) in [4.78, 5) is 17.0. The number of carboxylic acid groups (broad SMARTS) is 1. The number of hydrogen-bond donors (Lipinski definition) is 1. The number of halogens is 1. The monoisotopic (exact) mass is 624 g/mol. The minimum absolute atomic E-state index is 0.293. The SMILES string of the molecule is CC1=CC(c2ccc(F)c(C(=O)O)c2)=C(C=CCC2=C(C)CC=C2)CC1(C)N(CC(C1CCCCC1)N(C)C)C1=CC(C)CC=C1. The fourth-order valence-corrected chi connectivity index (χ4v) is 7.90. The smallest absolute Gasteiger partial charge is 0.338 e. The number of carbonyl (C=O) groups is 1. The number of likely N-dealkylation sites (N-methyl/N-ethyl adjacent to an activating group) is 1. The van der Waals surface area contributed by atoms with E-state index < -0.39 is 11.8 Å². The van der Waals surface area contributed by atoms with Crippen LogP contribution in [0.3, 0.4) is 0 Å². The van der Waals surface area contributed by atoms with Gasteiger partial charge in [0, 0.05) is 18.3 Å². The first-order chi connectivity index (χ1) is 22.0. The Morgan fingerprint density at radius 1 is 1.13 bits per heavy atom. The van der Waals surface area contributed by atoms with Crippen molar-refractivity contribution >= 4 is 11.5 Å². The van der Waals surface area contributed by atoms with E-state index in [-0.39, 0.29) is 11.1 Å². The molecule has 4 nitrogen and oxygen atoms in total. The molecule has 5 rings (SSSR count). The normalized spacial score (nSPS) is 24.7. The molecule has 4 aliphatic carbocycles. The van der Waals surface area contributed by atoms with Crippen LogP contribution in [0, 0.1) is 17.7 Å². The Kier molecular flexibility index (Phi) is 10.7. The third kappa shape index (κ3) is 7.41. The summed E-state index contributed by atoms with van der Waals surface area (Å²) in [6.45, 7) is 10.0. The van der Waals surface area contributed by atoms with Crippen LogP contribution >= 0.6 is 0 Å². The number of allylic oxidation sites excluding steroid dienone is 11. The molecule has 0 heterocycles. The largest absolute Gasteiger partial charge is 0.478 e. The number of rotatable bonds is 11. The van der Waals surface area contributed by atoms with Crippen LogP contribution in [0.25, 0.3) is 5.57 Å². The molecule has 0 saturated heterocycles. The fraction of sp³-hybridized carbons (Fsp3) is 0.488. The number of carboxylic acids is 1. The summed E-state index contributed by atoms with van der Waals surface area (Å²) in [6.07, 6.45) is 28.5. The lowest BCUT2D eigenvalue weighted by molar-refractivity contribution is 0.0691. The van der Waals surface area contributed by atoms with Gasteiger partial charge in [0.25, 0.3) is 0 Å². The highest BCUT2D eigenvalue weighted by atomic mass is 19.1. The highest BCUT2D eigenvalue weighted by Crippen LogP contribution is 2.44. The van der Waals surface area contributed by atoms with Crippen LogP contribution < -0.4 is 0 Å². The Labute approximate surface area is 276 Å². The molecule has 3 unspecified atom stereocenters. The van der Waals surface area contributed by atoms with Gasteiger partial charge in [0.1, 0.15) is 5.82 Å². The second kappa shape index (κ2) is 14.5. The molecule has 0 amide bonds. The van der Waals surface area contributed by atoms with Gasteiger partial charge in [-0.05, 0) is 131 Å². The minimum Gasteiger partial charge on any atom is -0.478 e. The summed E-state index contributed by atoms with van der Waals surface area (Å²) in [7, 11) is 4.48. The molecular formula is C41H53FN2O2. The maximum absolute atomic E-state index is 14.5. The van der Waals surface area contributed by atoms with E-state index in [1.807, 2.05) is 0 Å². The zero-order valence-electron chi connectivity index (χ0n) is 28.8. The molecule has 0 radical (unpaired) electrons. The van der Waals surface area contributed by atoms with Crippen molar-refractivity contribution in [3.05, 3.63) is 112 Å².